The molecule has 2 amide bonds. The van der Waals surface area contributed by atoms with Gasteiger partial charge in [0.2, 0.25) is 0 Å². The molecule has 0 spiro atoms. The summed E-state index contributed by atoms with van der Waals surface area (Å²) in [6.07, 6.45) is 2.79. The maximum absolute atomic E-state index is 11.4. The first-order valence-corrected chi connectivity index (χ1v) is 7.32. The molecule has 126 valence electrons. The Morgan fingerprint density at radius 1 is 1.12 bits per heavy atom. The first-order valence-electron chi connectivity index (χ1n) is 7.32. The molecule has 3 rings (SSSR count). The summed E-state index contributed by atoms with van der Waals surface area (Å²) in [6.45, 7) is 0. The number of amides is 2. The molecule has 3 aromatic rings. The van der Waals surface area contributed by atoms with Crippen LogP contribution in [0.3, 0.4) is 0 Å². The number of urea groups is 1. The number of carboxylic acid groups (broad SMARTS) is 1. The predicted octanol–water partition coefficient (Wildman–Crippen LogP) is 2.87. The normalized spacial score (nSPS) is 10.3. The lowest BCUT2D eigenvalue weighted by atomic mass is 10.2. The minimum absolute atomic E-state index is 0.0604. The molecule has 2 aromatic heterocycles. The van der Waals surface area contributed by atoms with Crippen molar-refractivity contribution < 1.29 is 19.4 Å². The molecule has 2 heterocycles. The number of aromatic nitrogens is 2. The fourth-order valence-corrected chi connectivity index (χ4v) is 2.21. The summed E-state index contributed by atoms with van der Waals surface area (Å²) in [5.74, 6) is -0.513. The largest absolute Gasteiger partial charge is 0.477 e. The van der Waals surface area contributed by atoms with E-state index in [4.69, 9.17) is 4.74 Å². The molecule has 0 aliphatic rings. The van der Waals surface area contributed by atoms with Gasteiger partial charge < -0.3 is 15.2 Å². The van der Waals surface area contributed by atoms with Gasteiger partial charge in [-0.15, -0.1) is 0 Å². The standard InChI is InChI=1S/C17H14N4O4/c1-18-17(24)21-15-8-14(11(9-20-15)16(22)23)25-13-6-2-5-12-10(13)4-3-7-19-12/h2-9H,1H3,(H,22,23)(H2,18,20,21,24). The first kappa shape index (κ1) is 16.2. The van der Waals surface area contributed by atoms with Crippen LogP contribution in [0.2, 0.25) is 0 Å². The van der Waals surface area contributed by atoms with Gasteiger partial charge in [-0.2, -0.15) is 0 Å². The number of benzene rings is 1. The van der Waals surface area contributed by atoms with Crippen LogP contribution in [0.25, 0.3) is 10.9 Å². The van der Waals surface area contributed by atoms with Crippen LogP contribution in [0.5, 0.6) is 11.5 Å². The Morgan fingerprint density at radius 3 is 2.72 bits per heavy atom. The number of carbonyl (C=O) groups excluding carboxylic acids is 1. The van der Waals surface area contributed by atoms with Crippen LogP contribution < -0.4 is 15.4 Å². The van der Waals surface area contributed by atoms with Gasteiger partial charge in [-0.3, -0.25) is 10.3 Å². The van der Waals surface area contributed by atoms with Crippen LogP contribution >= 0.6 is 0 Å². The fourth-order valence-electron chi connectivity index (χ4n) is 2.21. The van der Waals surface area contributed by atoms with E-state index < -0.39 is 12.0 Å². The molecule has 25 heavy (non-hydrogen) atoms. The van der Waals surface area contributed by atoms with Crippen molar-refractivity contribution in [3.05, 3.63) is 54.4 Å². The molecule has 0 aliphatic heterocycles. The van der Waals surface area contributed by atoms with Crippen LogP contribution in [0.1, 0.15) is 10.4 Å². The number of hydrogen-bond donors (Lipinski definition) is 3. The van der Waals surface area contributed by atoms with E-state index in [-0.39, 0.29) is 17.1 Å². The topological polar surface area (TPSA) is 113 Å². The van der Waals surface area contributed by atoms with Gasteiger partial charge in [0.1, 0.15) is 22.9 Å². The summed E-state index contributed by atoms with van der Waals surface area (Å²) in [4.78, 5) is 31.0. The highest BCUT2D eigenvalue weighted by molar-refractivity contribution is 5.93. The Labute approximate surface area is 142 Å². The summed E-state index contributed by atoms with van der Waals surface area (Å²) in [5.41, 5.74) is 0.595. The Bertz CT molecular complexity index is 953. The molecule has 0 radical (unpaired) electrons. The first-order chi connectivity index (χ1) is 12.1. The van der Waals surface area contributed by atoms with Gasteiger partial charge in [0, 0.05) is 30.9 Å². The number of carboxylic acids is 1. The number of anilines is 1. The van der Waals surface area contributed by atoms with Gasteiger partial charge in [0.05, 0.1) is 5.52 Å². The van der Waals surface area contributed by atoms with Gasteiger partial charge in [0.15, 0.2) is 0 Å². The van der Waals surface area contributed by atoms with E-state index in [1.54, 1.807) is 24.4 Å². The Kier molecular flexibility index (Phi) is 4.42. The van der Waals surface area contributed by atoms with E-state index in [1.165, 1.54) is 13.1 Å². The third-order valence-corrected chi connectivity index (χ3v) is 3.39. The number of hydrogen-bond acceptors (Lipinski definition) is 5. The molecule has 0 aliphatic carbocycles. The Balaban J connectivity index is 2.03. The second-order valence-corrected chi connectivity index (χ2v) is 5.00. The second-order valence-electron chi connectivity index (χ2n) is 5.00. The van der Waals surface area contributed by atoms with Crippen molar-refractivity contribution in [2.24, 2.45) is 0 Å². The molecule has 0 saturated carbocycles. The summed E-state index contributed by atoms with van der Waals surface area (Å²) in [6, 6.07) is 9.76. The van der Waals surface area contributed by atoms with Crippen LogP contribution in [-0.2, 0) is 0 Å². The number of pyridine rings is 2. The zero-order valence-corrected chi connectivity index (χ0v) is 13.2. The number of carbonyl (C=O) groups is 2. The van der Waals surface area contributed by atoms with E-state index in [1.807, 2.05) is 12.1 Å². The molecular weight excluding hydrogens is 324 g/mol. The molecular formula is C17H14N4O4. The third-order valence-electron chi connectivity index (χ3n) is 3.39. The SMILES string of the molecule is CNC(=O)Nc1cc(Oc2cccc3ncccc23)c(C(=O)O)cn1. The van der Waals surface area contributed by atoms with Crippen molar-refractivity contribution in [2.75, 3.05) is 12.4 Å². The van der Waals surface area contributed by atoms with Crippen molar-refractivity contribution in [1.82, 2.24) is 15.3 Å². The van der Waals surface area contributed by atoms with Gasteiger partial charge in [-0.1, -0.05) is 6.07 Å². The molecule has 3 N–H and O–H groups in total. The number of nitrogens with zero attached hydrogens (tertiary/aromatic N) is 2. The summed E-state index contributed by atoms with van der Waals surface area (Å²) in [7, 11) is 1.46. The molecule has 8 heteroatoms. The maximum atomic E-state index is 11.4. The molecule has 0 saturated heterocycles. The lowest BCUT2D eigenvalue weighted by Crippen LogP contribution is -2.25. The summed E-state index contributed by atoms with van der Waals surface area (Å²) >= 11 is 0. The zero-order valence-electron chi connectivity index (χ0n) is 13.2. The minimum Gasteiger partial charge on any atom is -0.477 e. The molecule has 0 atom stereocenters. The van der Waals surface area contributed by atoms with E-state index in [0.29, 0.717) is 5.75 Å². The quantitative estimate of drug-likeness (QED) is 0.674. The maximum Gasteiger partial charge on any atom is 0.341 e. The van der Waals surface area contributed by atoms with Crippen LogP contribution in [0, 0.1) is 0 Å². The van der Waals surface area contributed by atoms with Crippen LogP contribution in [0.15, 0.2) is 48.8 Å². The monoisotopic (exact) mass is 338 g/mol. The highest BCUT2D eigenvalue weighted by Gasteiger charge is 2.16. The van der Waals surface area contributed by atoms with Gasteiger partial charge in [-0.25, -0.2) is 14.6 Å². The number of aromatic carboxylic acids is 1. The van der Waals surface area contributed by atoms with E-state index in [2.05, 4.69) is 20.6 Å². The number of nitrogens with one attached hydrogen (secondary N) is 2. The molecule has 1 aromatic carbocycles. The van der Waals surface area contributed by atoms with Crippen molar-refractivity contribution in [3.63, 3.8) is 0 Å². The average molecular weight is 338 g/mol. The van der Waals surface area contributed by atoms with Crippen molar-refractivity contribution in [1.29, 1.82) is 0 Å². The van der Waals surface area contributed by atoms with Crippen molar-refractivity contribution in [2.45, 2.75) is 0 Å². The minimum atomic E-state index is -1.19. The molecule has 0 fully saturated rings. The highest BCUT2D eigenvalue weighted by atomic mass is 16.5. The van der Waals surface area contributed by atoms with E-state index in [9.17, 15) is 14.7 Å². The van der Waals surface area contributed by atoms with Crippen LogP contribution in [-0.4, -0.2) is 34.1 Å². The molecule has 8 nitrogen and oxygen atoms in total. The fraction of sp³-hybridized carbons (Fsp3) is 0.0588. The second kappa shape index (κ2) is 6.83. The number of rotatable bonds is 4. The lowest BCUT2D eigenvalue weighted by Gasteiger charge is -2.12. The van der Waals surface area contributed by atoms with E-state index >= 15 is 0 Å². The highest BCUT2D eigenvalue weighted by Crippen LogP contribution is 2.31. The molecule has 0 bridgehead atoms. The lowest BCUT2D eigenvalue weighted by molar-refractivity contribution is 0.0693. The van der Waals surface area contributed by atoms with Gasteiger partial charge >= 0.3 is 12.0 Å². The molecule has 0 unspecified atom stereocenters. The summed E-state index contributed by atoms with van der Waals surface area (Å²) in [5, 5.41) is 14.9. The summed E-state index contributed by atoms with van der Waals surface area (Å²) < 4.78 is 5.81. The smallest absolute Gasteiger partial charge is 0.341 e. The van der Waals surface area contributed by atoms with E-state index in [0.717, 1.165) is 17.1 Å². The van der Waals surface area contributed by atoms with Gasteiger partial charge in [-0.05, 0) is 24.3 Å². The third kappa shape index (κ3) is 3.47. The Morgan fingerprint density at radius 2 is 1.96 bits per heavy atom. The van der Waals surface area contributed by atoms with Gasteiger partial charge in [0.25, 0.3) is 0 Å². The zero-order chi connectivity index (χ0) is 17.8. The average Bonchev–Trinajstić information content (AvgIpc) is 2.62. The van der Waals surface area contributed by atoms with Crippen molar-refractivity contribution in [3.8, 4) is 11.5 Å². The number of fused-ring (bicyclic) bond motifs is 1. The van der Waals surface area contributed by atoms with Crippen LogP contribution in [0.4, 0.5) is 10.6 Å². The predicted molar refractivity (Wildman–Crippen MR) is 91.1 cm³/mol. The van der Waals surface area contributed by atoms with Crippen molar-refractivity contribution >= 4 is 28.7 Å². The number of ether oxygens (including phenoxy) is 1. The Hall–Kier alpha value is -3.68.